The first-order valence-corrected chi connectivity index (χ1v) is 14.7. The molecule has 2 N–H and O–H groups in total. The molecule has 216 valence electrons. The highest BCUT2D eigenvalue weighted by atomic mass is 16.6. The van der Waals surface area contributed by atoms with Crippen LogP contribution in [0, 0.1) is 45.8 Å². The molecule has 0 amide bonds. The highest BCUT2D eigenvalue weighted by molar-refractivity contribution is 5.91. The van der Waals surface area contributed by atoms with Crippen molar-refractivity contribution in [2.45, 2.75) is 96.2 Å². The molecule has 2 bridgehead atoms. The predicted octanol–water partition coefficient (Wildman–Crippen LogP) is 3.41. The highest BCUT2D eigenvalue weighted by Gasteiger charge is 2.84. The zero-order valence-corrected chi connectivity index (χ0v) is 23.9. The van der Waals surface area contributed by atoms with Crippen LogP contribution in [0.25, 0.3) is 0 Å². The van der Waals surface area contributed by atoms with Gasteiger partial charge in [0.1, 0.15) is 18.3 Å². The Bertz CT molecular complexity index is 1310. The quantitative estimate of drug-likeness (QED) is 0.220. The third kappa shape index (κ3) is 2.83. The van der Waals surface area contributed by atoms with Crippen LogP contribution in [0.15, 0.2) is 36.0 Å². The van der Waals surface area contributed by atoms with E-state index in [-0.39, 0.29) is 36.6 Å². The van der Waals surface area contributed by atoms with Gasteiger partial charge in [-0.1, -0.05) is 37.3 Å². The van der Waals surface area contributed by atoms with Gasteiger partial charge in [-0.25, -0.2) is 4.79 Å². The lowest BCUT2D eigenvalue weighted by Gasteiger charge is -2.46. The third-order valence-corrected chi connectivity index (χ3v) is 12.8. The van der Waals surface area contributed by atoms with Crippen molar-refractivity contribution in [1.82, 2.24) is 0 Å². The van der Waals surface area contributed by atoms with Crippen LogP contribution in [-0.2, 0) is 28.6 Å². The lowest BCUT2D eigenvalue weighted by atomic mass is 9.54. The Kier molecular flexibility index (Phi) is 5.08. The molecule has 7 rings (SSSR count). The Balaban J connectivity index is 1.45. The Hall–Kier alpha value is -2.45. The van der Waals surface area contributed by atoms with Gasteiger partial charge in [0.2, 0.25) is 0 Å². The summed E-state index contributed by atoms with van der Waals surface area (Å²) in [6.45, 7) is 13.1. The van der Waals surface area contributed by atoms with Crippen LogP contribution in [0.3, 0.4) is 0 Å². The van der Waals surface area contributed by atoms with Crippen LogP contribution in [0.1, 0.15) is 66.7 Å². The van der Waals surface area contributed by atoms with Crippen LogP contribution in [-0.4, -0.2) is 57.6 Å². The van der Waals surface area contributed by atoms with Gasteiger partial charge in [-0.2, -0.15) is 0 Å². The number of carbonyl (C=O) groups excluding carboxylic acids is 3. The molecular formula is C32H40O8. The first kappa shape index (κ1) is 26.4. The molecule has 40 heavy (non-hydrogen) atoms. The van der Waals surface area contributed by atoms with E-state index >= 15 is 0 Å². The number of allylic oxidation sites excluding steroid dienone is 2. The van der Waals surface area contributed by atoms with Gasteiger partial charge in [0.25, 0.3) is 0 Å². The molecule has 0 aromatic rings. The van der Waals surface area contributed by atoms with Crippen LogP contribution >= 0.6 is 0 Å². The average Bonchev–Trinajstić information content (AvgIpc) is 3.56. The molecule has 0 radical (unpaired) electrons. The lowest BCUT2D eigenvalue weighted by Crippen LogP contribution is -2.53. The topological polar surface area (TPSA) is 119 Å². The van der Waals surface area contributed by atoms with Crippen molar-refractivity contribution < 1.29 is 38.8 Å². The molecule has 5 fully saturated rings. The van der Waals surface area contributed by atoms with E-state index < -0.39 is 69.5 Å². The van der Waals surface area contributed by atoms with Crippen LogP contribution in [0.5, 0.6) is 0 Å². The van der Waals surface area contributed by atoms with Gasteiger partial charge in [0, 0.05) is 53.4 Å². The maximum Gasteiger partial charge on any atom is 0.334 e. The molecule has 0 aromatic heterocycles. The van der Waals surface area contributed by atoms with Gasteiger partial charge in [0.15, 0.2) is 0 Å². The molecule has 2 saturated heterocycles. The highest BCUT2D eigenvalue weighted by Crippen LogP contribution is 2.80. The largest absolute Gasteiger partial charge is 0.462 e. The molecule has 0 unspecified atom stereocenters. The smallest absolute Gasteiger partial charge is 0.334 e. The summed E-state index contributed by atoms with van der Waals surface area (Å²) in [5.41, 5.74) is -3.74. The number of rotatable bonds is 1. The van der Waals surface area contributed by atoms with E-state index in [4.69, 9.17) is 14.2 Å². The molecule has 5 aliphatic carbocycles. The second-order valence-electron chi connectivity index (χ2n) is 14.5. The van der Waals surface area contributed by atoms with E-state index in [9.17, 15) is 24.6 Å². The maximum absolute atomic E-state index is 14.5. The van der Waals surface area contributed by atoms with Gasteiger partial charge in [-0.15, -0.1) is 0 Å². The van der Waals surface area contributed by atoms with Gasteiger partial charge in [-0.05, 0) is 46.5 Å². The molecule has 8 nitrogen and oxygen atoms in total. The Morgan fingerprint density at radius 3 is 2.55 bits per heavy atom. The number of ether oxygens (including phenoxy) is 3. The van der Waals surface area contributed by atoms with E-state index in [1.54, 1.807) is 6.92 Å². The third-order valence-electron chi connectivity index (χ3n) is 12.8. The number of carbonyl (C=O) groups is 3. The Morgan fingerprint density at radius 1 is 1.12 bits per heavy atom. The molecule has 13 atom stereocenters. The summed E-state index contributed by atoms with van der Waals surface area (Å²) in [7, 11) is 0. The number of fused-ring (bicyclic) bond motifs is 6. The summed E-state index contributed by atoms with van der Waals surface area (Å²) in [4.78, 5) is 39.9. The zero-order valence-electron chi connectivity index (χ0n) is 23.9. The standard InChI is InChI=1S/C32H40O8/c1-15-7-8-19-21(15)24-22(20(38-17(3)33)13-29(19,5)36)32(27(35)40-24)14-31-12-11-28(32,4)25(31)23-18(9-10-30(31,6)37)16(2)26(34)39-23/h7,11-12,18-25,36-37H,2,8-10,13-14H2,1,3-6H3/t18-,19-,20+,21-,22+,23-,24+,25-,28+,29+,30+,31-,32-/m0/s1. The molecule has 3 saturated carbocycles. The normalized spacial score (nSPS) is 55.6. The van der Waals surface area contributed by atoms with E-state index in [1.165, 1.54) is 6.92 Å². The Morgan fingerprint density at radius 2 is 1.85 bits per heavy atom. The second-order valence-corrected chi connectivity index (χ2v) is 14.5. The molecule has 0 aromatic carbocycles. The van der Waals surface area contributed by atoms with Crippen molar-refractivity contribution in [2.75, 3.05) is 0 Å². The van der Waals surface area contributed by atoms with Crippen molar-refractivity contribution in [1.29, 1.82) is 0 Å². The number of hydrogen-bond acceptors (Lipinski definition) is 8. The van der Waals surface area contributed by atoms with Crippen molar-refractivity contribution in [2.24, 2.45) is 45.8 Å². The Labute approximate surface area is 234 Å². The first-order valence-electron chi connectivity index (χ1n) is 14.7. The van der Waals surface area contributed by atoms with E-state index in [1.807, 2.05) is 26.8 Å². The lowest BCUT2D eigenvalue weighted by molar-refractivity contribution is -0.165. The summed E-state index contributed by atoms with van der Waals surface area (Å²) in [5, 5.41) is 24.0. The molecule has 1 spiro atoms. The summed E-state index contributed by atoms with van der Waals surface area (Å²) in [6.07, 6.45) is 6.43. The minimum absolute atomic E-state index is 0.180. The zero-order chi connectivity index (χ0) is 28.8. The summed E-state index contributed by atoms with van der Waals surface area (Å²) in [5.74, 6) is -2.84. The molecule has 7 aliphatic rings. The van der Waals surface area contributed by atoms with Crippen LogP contribution in [0.4, 0.5) is 0 Å². The minimum Gasteiger partial charge on any atom is -0.462 e. The van der Waals surface area contributed by atoms with Crippen molar-refractivity contribution in [3.05, 3.63) is 36.0 Å². The maximum atomic E-state index is 14.5. The van der Waals surface area contributed by atoms with Gasteiger partial charge < -0.3 is 24.4 Å². The van der Waals surface area contributed by atoms with Crippen molar-refractivity contribution >= 4 is 17.9 Å². The molecule has 8 heteroatoms. The number of aliphatic hydroxyl groups is 2. The average molecular weight is 553 g/mol. The first-order chi connectivity index (χ1) is 18.6. The minimum atomic E-state index is -1.19. The van der Waals surface area contributed by atoms with Crippen molar-refractivity contribution in [3.8, 4) is 0 Å². The van der Waals surface area contributed by atoms with Gasteiger partial charge in [0.05, 0.1) is 22.5 Å². The fourth-order valence-electron chi connectivity index (χ4n) is 11.0. The summed E-state index contributed by atoms with van der Waals surface area (Å²) < 4.78 is 18.5. The monoisotopic (exact) mass is 552 g/mol. The molecule has 2 heterocycles. The van der Waals surface area contributed by atoms with Crippen LogP contribution in [0.2, 0.25) is 0 Å². The van der Waals surface area contributed by atoms with Crippen LogP contribution < -0.4 is 0 Å². The predicted molar refractivity (Wildman–Crippen MR) is 142 cm³/mol. The number of hydrogen-bond donors (Lipinski definition) is 2. The fraction of sp³-hybridized carbons (Fsp3) is 0.719. The van der Waals surface area contributed by atoms with E-state index in [0.717, 1.165) is 5.57 Å². The summed E-state index contributed by atoms with van der Waals surface area (Å²) >= 11 is 0. The number of esters is 3. The second kappa shape index (κ2) is 7.68. The molecule has 2 aliphatic heterocycles. The van der Waals surface area contributed by atoms with Gasteiger partial charge >= 0.3 is 17.9 Å². The molecular weight excluding hydrogens is 512 g/mol. The van der Waals surface area contributed by atoms with Crippen molar-refractivity contribution in [3.63, 3.8) is 0 Å². The summed E-state index contributed by atoms with van der Waals surface area (Å²) in [6, 6.07) is 0. The fourth-order valence-corrected chi connectivity index (χ4v) is 11.0. The van der Waals surface area contributed by atoms with Gasteiger partial charge in [-0.3, -0.25) is 9.59 Å². The van der Waals surface area contributed by atoms with E-state index in [0.29, 0.717) is 24.8 Å². The van der Waals surface area contributed by atoms with E-state index in [2.05, 4.69) is 18.7 Å². The SMILES string of the molecule is C=C1C(=O)O[C@@H]2[C@@H]3[C@@]4(C=C[C@@]3(C)[C@]3(C4)C(=O)O[C@@H]4[C@H]5C(C)=CC[C@@H]5[C@](C)(O)C[C@@H](OC(C)=O)[C@H]43)[C@](C)(O)CC[C@@H]12.